The van der Waals surface area contributed by atoms with Gasteiger partial charge in [-0.3, -0.25) is 0 Å². The Morgan fingerprint density at radius 1 is 0.943 bits per heavy atom. The maximum Gasteiger partial charge on any atom is 0.157 e. The summed E-state index contributed by atoms with van der Waals surface area (Å²) < 4.78 is 5.68. The van der Waals surface area contributed by atoms with E-state index in [0.29, 0.717) is 22.8 Å². The Morgan fingerprint density at radius 2 is 1.66 bits per heavy atom. The predicted molar refractivity (Wildman–Crippen MR) is 133 cm³/mol. The van der Waals surface area contributed by atoms with Gasteiger partial charge in [0.1, 0.15) is 30.5 Å². The van der Waals surface area contributed by atoms with Crippen molar-refractivity contribution < 1.29 is 30.0 Å². The van der Waals surface area contributed by atoms with E-state index < -0.39 is 37.1 Å². The third-order valence-corrected chi connectivity index (χ3v) is 6.46. The molecule has 0 radical (unpaired) electrons. The first-order valence-electron chi connectivity index (χ1n) is 11.3. The number of rotatable bonds is 7. The molecule has 4 N–H and O–H groups in total. The summed E-state index contributed by atoms with van der Waals surface area (Å²) in [4.78, 5) is 5.46. The number of halogens is 1. The van der Waals surface area contributed by atoms with Crippen LogP contribution in [0.3, 0.4) is 0 Å². The van der Waals surface area contributed by atoms with Crippen molar-refractivity contribution in [3.63, 3.8) is 0 Å². The number of hydrogen-bond acceptors (Lipinski definition) is 7. The topological polar surface area (TPSA) is 112 Å². The molecule has 0 saturated carbocycles. The second-order valence-electron chi connectivity index (χ2n) is 8.56. The van der Waals surface area contributed by atoms with Crippen LogP contribution < -0.4 is 4.84 Å². The molecule has 1 fully saturated rings. The number of oxime groups is 1. The summed E-state index contributed by atoms with van der Waals surface area (Å²) in [6.45, 7) is 1.39. The Kier molecular flexibility index (Phi) is 8.18. The molecule has 4 rings (SSSR count). The van der Waals surface area contributed by atoms with Crippen molar-refractivity contribution in [1.29, 1.82) is 0 Å². The highest BCUT2D eigenvalue weighted by molar-refractivity contribution is 6.31. The van der Waals surface area contributed by atoms with Crippen LogP contribution in [0.25, 0.3) is 0 Å². The van der Waals surface area contributed by atoms with Crippen molar-refractivity contribution in [2.24, 2.45) is 5.16 Å². The maximum absolute atomic E-state index is 10.5. The number of benzene rings is 3. The van der Waals surface area contributed by atoms with Crippen LogP contribution >= 0.6 is 11.6 Å². The number of para-hydroxylation sites is 1. The lowest BCUT2D eigenvalue weighted by Gasteiger charge is -2.40. The normalized spacial score (nSPS) is 24.9. The highest BCUT2D eigenvalue weighted by Gasteiger charge is 2.44. The highest BCUT2D eigenvalue weighted by Crippen LogP contribution is 2.34. The van der Waals surface area contributed by atoms with Crippen LogP contribution in [0.4, 0.5) is 0 Å². The van der Waals surface area contributed by atoms with Crippen LogP contribution in [0.15, 0.2) is 78.0 Å². The van der Waals surface area contributed by atoms with Crippen LogP contribution in [-0.2, 0) is 11.2 Å². The molecule has 3 aromatic rings. The highest BCUT2D eigenvalue weighted by atomic mass is 35.5. The third kappa shape index (κ3) is 5.90. The molecule has 1 aliphatic rings. The SMILES string of the molecule is C/C(=N\Oc1ccccc1)c1ccc(Cc2cc([C@@H]3O[C@H](CO)[C@@H](O)[C@H](O)[C@H]3O)ccc2Cl)cc1. The molecule has 3 aromatic carbocycles. The van der Waals surface area contributed by atoms with Crippen molar-refractivity contribution >= 4 is 17.3 Å². The summed E-state index contributed by atoms with van der Waals surface area (Å²) in [5, 5.41) is 44.8. The quantitative estimate of drug-likeness (QED) is 0.294. The van der Waals surface area contributed by atoms with E-state index in [1.165, 1.54) is 0 Å². The molecule has 0 spiro atoms. The van der Waals surface area contributed by atoms with Crippen LogP contribution in [0, 0.1) is 0 Å². The first-order chi connectivity index (χ1) is 16.9. The summed E-state index contributed by atoms with van der Waals surface area (Å²) >= 11 is 6.44. The van der Waals surface area contributed by atoms with Gasteiger partial charge in [0.2, 0.25) is 0 Å². The summed E-state index contributed by atoms with van der Waals surface area (Å²) in [5.74, 6) is 0.664. The molecule has 1 saturated heterocycles. The van der Waals surface area contributed by atoms with E-state index in [1.807, 2.05) is 67.6 Å². The van der Waals surface area contributed by atoms with Gasteiger partial charge in [-0.25, -0.2) is 0 Å². The molecule has 1 heterocycles. The van der Waals surface area contributed by atoms with Gasteiger partial charge >= 0.3 is 0 Å². The summed E-state index contributed by atoms with van der Waals surface area (Å²) in [6.07, 6.45) is -5.54. The van der Waals surface area contributed by atoms with Crippen LogP contribution in [0.1, 0.15) is 35.3 Å². The van der Waals surface area contributed by atoms with E-state index >= 15 is 0 Å². The molecular weight excluding hydrogens is 470 g/mol. The van der Waals surface area contributed by atoms with Gasteiger partial charge in [-0.2, -0.15) is 0 Å². The van der Waals surface area contributed by atoms with Gasteiger partial charge in [-0.05, 0) is 53.8 Å². The molecule has 8 heteroatoms. The van der Waals surface area contributed by atoms with Crippen molar-refractivity contribution in [2.45, 2.75) is 43.9 Å². The van der Waals surface area contributed by atoms with E-state index in [9.17, 15) is 20.4 Å². The minimum Gasteiger partial charge on any atom is -0.394 e. The van der Waals surface area contributed by atoms with E-state index in [-0.39, 0.29) is 0 Å². The lowest BCUT2D eigenvalue weighted by atomic mass is 9.90. The Labute approximate surface area is 208 Å². The average molecular weight is 498 g/mol. The molecule has 0 aromatic heterocycles. The predicted octanol–water partition coefficient (Wildman–Crippen LogP) is 3.25. The molecule has 35 heavy (non-hydrogen) atoms. The second kappa shape index (κ2) is 11.3. The molecule has 7 nitrogen and oxygen atoms in total. The number of nitrogens with zero attached hydrogens (tertiary/aromatic N) is 1. The first kappa shape index (κ1) is 25.3. The lowest BCUT2D eigenvalue weighted by molar-refractivity contribution is -0.231. The van der Waals surface area contributed by atoms with Crippen molar-refractivity contribution in [2.75, 3.05) is 6.61 Å². The minimum absolute atomic E-state index is 0.479. The fourth-order valence-corrected chi connectivity index (χ4v) is 4.21. The molecule has 1 aliphatic heterocycles. The van der Waals surface area contributed by atoms with Crippen molar-refractivity contribution in [1.82, 2.24) is 0 Å². The zero-order valence-electron chi connectivity index (χ0n) is 19.2. The maximum atomic E-state index is 10.5. The first-order valence-corrected chi connectivity index (χ1v) is 11.7. The summed E-state index contributed by atoms with van der Waals surface area (Å²) in [6, 6.07) is 22.4. The van der Waals surface area contributed by atoms with Crippen LogP contribution in [-0.4, -0.2) is 57.2 Å². The van der Waals surface area contributed by atoms with Crippen molar-refractivity contribution in [3.8, 4) is 5.75 Å². The monoisotopic (exact) mass is 497 g/mol. The van der Waals surface area contributed by atoms with E-state index in [1.54, 1.807) is 12.1 Å². The fourth-order valence-electron chi connectivity index (χ4n) is 4.02. The zero-order chi connectivity index (χ0) is 24.9. The number of aliphatic hydroxyl groups excluding tert-OH is 4. The lowest BCUT2D eigenvalue weighted by Crippen LogP contribution is -2.55. The van der Waals surface area contributed by atoms with E-state index in [0.717, 1.165) is 22.4 Å². The third-order valence-electron chi connectivity index (χ3n) is 6.09. The molecule has 0 unspecified atom stereocenters. The molecule has 184 valence electrons. The number of hydrogen-bond donors (Lipinski definition) is 4. The van der Waals surface area contributed by atoms with Gasteiger partial charge in [0.05, 0.1) is 12.3 Å². The Morgan fingerprint density at radius 3 is 2.34 bits per heavy atom. The van der Waals surface area contributed by atoms with Crippen molar-refractivity contribution in [3.05, 3.63) is 100 Å². The van der Waals surface area contributed by atoms with E-state index in [2.05, 4.69) is 5.16 Å². The van der Waals surface area contributed by atoms with Gasteiger partial charge < -0.3 is 30.0 Å². The van der Waals surface area contributed by atoms with Gasteiger partial charge in [0, 0.05) is 5.02 Å². The van der Waals surface area contributed by atoms with Crippen LogP contribution in [0.5, 0.6) is 5.75 Å². The van der Waals surface area contributed by atoms with Crippen LogP contribution in [0.2, 0.25) is 5.02 Å². The zero-order valence-corrected chi connectivity index (χ0v) is 19.9. The fraction of sp³-hybridized carbons (Fsp3) is 0.296. The average Bonchev–Trinajstić information content (AvgIpc) is 2.88. The summed E-state index contributed by atoms with van der Waals surface area (Å²) in [5.41, 5.74) is 4.08. The molecule has 0 aliphatic carbocycles. The van der Waals surface area contributed by atoms with Gasteiger partial charge in [0.25, 0.3) is 0 Å². The standard InChI is InChI=1S/C27H28ClNO6/c1-16(29-35-21-5-3-2-4-6-21)18-9-7-17(8-10-18)13-20-14-19(11-12-22(20)28)27-26(33)25(32)24(31)23(15-30)34-27/h2-12,14,23-27,30-33H,13,15H2,1H3/b29-16+/t23-,24-,25+,26-,27+/m1/s1. The second-order valence-corrected chi connectivity index (χ2v) is 8.96. The molecule has 0 bridgehead atoms. The minimum atomic E-state index is -1.44. The van der Waals surface area contributed by atoms with Gasteiger partial charge in [-0.15, -0.1) is 0 Å². The Bertz CT molecular complexity index is 1150. The van der Waals surface area contributed by atoms with E-state index in [4.69, 9.17) is 21.2 Å². The molecular formula is C27H28ClNO6. The Hall–Kier alpha value is -2.78. The van der Waals surface area contributed by atoms with Gasteiger partial charge in [-0.1, -0.05) is 71.4 Å². The van der Waals surface area contributed by atoms with Gasteiger partial charge in [0.15, 0.2) is 5.75 Å². The Balaban J connectivity index is 1.48. The summed E-state index contributed by atoms with van der Waals surface area (Å²) in [7, 11) is 0. The largest absolute Gasteiger partial charge is 0.394 e. The molecule has 5 atom stereocenters. The molecule has 0 amide bonds. The smallest absolute Gasteiger partial charge is 0.157 e. The number of ether oxygens (including phenoxy) is 1. The number of aliphatic hydroxyl groups is 4.